The Hall–Kier alpha value is -7.57. The van der Waals surface area contributed by atoms with Crippen molar-refractivity contribution < 1.29 is 8.83 Å². The fourth-order valence-electron chi connectivity index (χ4n) is 8.46. The minimum atomic E-state index is 0.603. The Labute approximate surface area is 313 Å². The molecular weight excluding hydrogens is 677 g/mol. The van der Waals surface area contributed by atoms with Gasteiger partial charge in [0.2, 0.25) is 0 Å². The molecule has 0 fully saturated rings. The maximum Gasteiger partial charge on any atom is 0.164 e. The molecule has 0 unspecified atom stereocenters. The number of hydrogen-bond donors (Lipinski definition) is 0. The second-order valence-corrected chi connectivity index (χ2v) is 13.9. The number of rotatable bonds is 4. The molecule has 6 heteroatoms. The summed E-state index contributed by atoms with van der Waals surface area (Å²) in [5.41, 5.74) is 9.31. The fraction of sp³-hybridized carbons (Fsp3) is 0. The maximum atomic E-state index is 6.90. The summed E-state index contributed by atoms with van der Waals surface area (Å²) in [7, 11) is 0. The minimum absolute atomic E-state index is 0.603. The van der Waals surface area contributed by atoms with E-state index in [1.807, 2.05) is 78.9 Å². The highest BCUT2D eigenvalue weighted by Gasteiger charge is 2.25. The lowest BCUT2D eigenvalue weighted by molar-refractivity contribution is 0.669. The van der Waals surface area contributed by atoms with Crippen molar-refractivity contribution in [2.45, 2.75) is 0 Å². The third-order valence-electron chi connectivity index (χ3n) is 10.8. The molecule has 0 aliphatic heterocycles. The monoisotopic (exact) mass is 704 g/mol. The summed E-state index contributed by atoms with van der Waals surface area (Å²) in [5, 5.41) is 8.77. The molecule has 12 rings (SSSR count). The van der Waals surface area contributed by atoms with Gasteiger partial charge in [-0.25, -0.2) is 15.0 Å². The molecule has 0 N–H and O–H groups in total. The normalized spacial score (nSPS) is 12.0. The Balaban J connectivity index is 1.20. The van der Waals surface area contributed by atoms with E-state index in [4.69, 9.17) is 23.8 Å². The summed E-state index contributed by atoms with van der Waals surface area (Å²) in [6.45, 7) is 0. The van der Waals surface area contributed by atoms with Gasteiger partial charge in [-0.05, 0) is 42.5 Å². The van der Waals surface area contributed by atoms with Crippen molar-refractivity contribution >= 4 is 76.5 Å². The van der Waals surface area contributed by atoms with Crippen molar-refractivity contribution in [2.75, 3.05) is 0 Å². The number of benzene rings is 8. The second kappa shape index (κ2) is 11.5. The molecule has 0 bridgehead atoms. The number of furan rings is 2. The van der Waals surface area contributed by atoms with Crippen molar-refractivity contribution in [3.8, 4) is 39.9 Å². The summed E-state index contributed by atoms with van der Waals surface area (Å²) in [6.07, 6.45) is 0. The van der Waals surface area contributed by atoms with Crippen LogP contribution in [0, 0.1) is 0 Å². The van der Waals surface area contributed by atoms with Crippen LogP contribution in [0.3, 0.4) is 0 Å². The van der Waals surface area contributed by atoms with Gasteiger partial charge in [0.25, 0.3) is 0 Å². The molecule has 0 aliphatic rings. The van der Waals surface area contributed by atoms with Crippen LogP contribution in [-0.2, 0) is 0 Å². The molecule has 0 spiro atoms. The molecule has 12 aromatic rings. The van der Waals surface area contributed by atoms with Crippen molar-refractivity contribution in [1.82, 2.24) is 19.5 Å². The smallest absolute Gasteiger partial charge is 0.164 e. The van der Waals surface area contributed by atoms with E-state index in [2.05, 4.69) is 95.6 Å². The van der Waals surface area contributed by atoms with Crippen molar-refractivity contribution in [3.05, 3.63) is 170 Å². The van der Waals surface area contributed by atoms with E-state index in [1.54, 1.807) is 0 Å². The number of hydrogen-bond acceptors (Lipinski definition) is 5. The van der Waals surface area contributed by atoms with Crippen molar-refractivity contribution in [3.63, 3.8) is 0 Å². The number of fused-ring (bicyclic) bond motifs is 14. The summed E-state index contributed by atoms with van der Waals surface area (Å²) in [4.78, 5) is 15.1. The van der Waals surface area contributed by atoms with Crippen LogP contribution in [0.15, 0.2) is 179 Å². The third kappa shape index (κ3) is 4.39. The average Bonchev–Trinajstić information content (AvgIpc) is 3.94. The molecule has 256 valence electrons. The molecular formula is C49H28N4O2. The first-order valence-corrected chi connectivity index (χ1v) is 18.4. The van der Waals surface area contributed by atoms with Gasteiger partial charge in [0.15, 0.2) is 17.5 Å². The molecule has 0 aliphatic carbocycles. The Morgan fingerprint density at radius 1 is 0.364 bits per heavy atom. The molecule has 6 nitrogen and oxygen atoms in total. The van der Waals surface area contributed by atoms with Gasteiger partial charge in [-0.1, -0.05) is 127 Å². The van der Waals surface area contributed by atoms with Crippen molar-refractivity contribution in [2.24, 2.45) is 0 Å². The molecule has 0 amide bonds. The summed E-state index contributed by atoms with van der Waals surface area (Å²) >= 11 is 0. The lowest BCUT2D eigenvalue weighted by Gasteiger charge is -2.13. The summed E-state index contributed by atoms with van der Waals surface area (Å²) in [6, 6.07) is 58.3. The topological polar surface area (TPSA) is 69.9 Å². The summed E-state index contributed by atoms with van der Waals surface area (Å²) < 4.78 is 15.7. The highest BCUT2D eigenvalue weighted by molar-refractivity contribution is 6.40. The van der Waals surface area contributed by atoms with Crippen LogP contribution in [-0.4, -0.2) is 19.5 Å². The van der Waals surface area contributed by atoms with Crippen molar-refractivity contribution in [1.29, 1.82) is 0 Å². The minimum Gasteiger partial charge on any atom is -0.456 e. The van der Waals surface area contributed by atoms with E-state index in [9.17, 15) is 0 Å². The molecule has 0 radical (unpaired) electrons. The largest absolute Gasteiger partial charge is 0.456 e. The van der Waals surface area contributed by atoms with Crippen LogP contribution in [0.2, 0.25) is 0 Å². The highest BCUT2D eigenvalue weighted by Crippen LogP contribution is 2.49. The lowest BCUT2D eigenvalue weighted by Crippen LogP contribution is -2.01. The third-order valence-corrected chi connectivity index (χ3v) is 10.8. The van der Waals surface area contributed by atoms with E-state index in [0.717, 1.165) is 98.8 Å². The number of nitrogens with zero attached hydrogens (tertiary/aromatic N) is 4. The zero-order chi connectivity index (χ0) is 36.0. The van der Waals surface area contributed by atoms with Gasteiger partial charge < -0.3 is 13.4 Å². The van der Waals surface area contributed by atoms with Crippen LogP contribution < -0.4 is 0 Å². The van der Waals surface area contributed by atoms with Crippen LogP contribution in [0.5, 0.6) is 0 Å². The predicted molar refractivity (Wildman–Crippen MR) is 223 cm³/mol. The van der Waals surface area contributed by atoms with E-state index in [0.29, 0.717) is 17.5 Å². The van der Waals surface area contributed by atoms with Gasteiger partial charge in [-0.3, -0.25) is 0 Å². The zero-order valence-corrected chi connectivity index (χ0v) is 29.3. The van der Waals surface area contributed by atoms with Crippen LogP contribution in [0.1, 0.15) is 0 Å². The molecule has 8 aromatic carbocycles. The van der Waals surface area contributed by atoms with Gasteiger partial charge in [0.05, 0.1) is 16.4 Å². The maximum absolute atomic E-state index is 6.90. The predicted octanol–water partition coefficient (Wildman–Crippen LogP) is 12.9. The first-order valence-electron chi connectivity index (χ1n) is 18.4. The first kappa shape index (κ1) is 29.9. The Morgan fingerprint density at radius 3 is 1.64 bits per heavy atom. The van der Waals surface area contributed by atoms with Gasteiger partial charge >= 0.3 is 0 Å². The Kier molecular flexibility index (Phi) is 6.24. The SMILES string of the molecule is c1ccc(-c2nc(-c3ccccc3)nc(-c3cccc(-n4c5ccccc5c5c6oc7ccccc7c6c6c(ccc7oc8ccccc8c76)c54)c3)n2)cc1. The number of aromatic nitrogens is 4. The van der Waals surface area contributed by atoms with Gasteiger partial charge in [-0.2, -0.15) is 0 Å². The molecule has 4 aromatic heterocycles. The zero-order valence-electron chi connectivity index (χ0n) is 29.3. The highest BCUT2D eigenvalue weighted by atomic mass is 16.3. The van der Waals surface area contributed by atoms with Crippen LogP contribution in [0.4, 0.5) is 0 Å². The van der Waals surface area contributed by atoms with E-state index in [1.165, 1.54) is 0 Å². The van der Waals surface area contributed by atoms with E-state index < -0.39 is 0 Å². The average molecular weight is 705 g/mol. The number of para-hydroxylation sites is 3. The fourth-order valence-corrected chi connectivity index (χ4v) is 8.46. The molecule has 55 heavy (non-hydrogen) atoms. The first-order chi connectivity index (χ1) is 27.3. The summed E-state index contributed by atoms with van der Waals surface area (Å²) in [5.74, 6) is 1.86. The lowest BCUT2D eigenvalue weighted by atomic mass is 9.95. The van der Waals surface area contributed by atoms with Gasteiger partial charge in [0.1, 0.15) is 22.3 Å². The quantitative estimate of drug-likeness (QED) is 0.182. The second-order valence-electron chi connectivity index (χ2n) is 13.9. The van der Waals surface area contributed by atoms with E-state index in [-0.39, 0.29) is 0 Å². The van der Waals surface area contributed by atoms with E-state index >= 15 is 0 Å². The Bertz CT molecular complexity index is 3430. The molecule has 0 saturated heterocycles. The van der Waals surface area contributed by atoms with Gasteiger partial charge in [-0.15, -0.1) is 0 Å². The van der Waals surface area contributed by atoms with Crippen LogP contribution >= 0.6 is 0 Å². The van der Waals surface area contributed by atoms with Crippen LogP contribution in [0.25, 0.3) is 116 Å². The Morgan fingerprint density at radius 2 is 0.927 bits per heavy atom. The standard InChI is InChI=1S/C49H28N4O2/c1-3-14-29(15-4-1)47-50-48(30-16-5-2-6-17-30)52-49(51-47)31-18-13-19-32(28-31)53-37-23-10-7-20-33(37)44-45(53)36-26-27-40-41(34-21-8-11-24-38(34)54-40)42(36)43-35-22-9-12-25-39(35)55-46(43)44/h1-28H. The molecule has 0 atom stereocenters. The molecule has 0 saturated carbocycles. The van der Waals surface area contributed by atoms with Gasteiger partial charge in [0, 0.05) is 60.1 Å². The molecule has 4 heterocycles.